The topological polar surface area (TPSA) is 62.5 Å². The first-order chi connectivity index (χ1) is 8.68. The molecule has 1 atom stereocenters. The van der Waals surface area contributed by atoms with Gasteiger partial charge in [0.05, 0.1) is 5.56 Å². The van der Waals surface area contributed by atoms with Gasteiger partial charge in [-0.25, -0.2) is 0 Å². The summed E-state index contributed by atoms with van der Waals surface area (Å²) >= 11 is 0. The number of amides is 1. The van der Waals surface area contributed by atoms with Crippen molar-refractivity contribution in [1.29, 1.82) is 0 Å². The van der Waals surface area contributed by atoms with E-state index < -0.39 is 0 Å². The minimum absolute atomic E-state index is 0.0601. The van der Waals surface area contributed by atoms with E-state index in [4.69, 9.17) is 9.52 Å². The minimum Gasteiger partial charge on any atom is -0.466 e. The van der Waals surface area contributed by atoms with Crippen molar-refractivity contribution < 1.29 is 14.3 Å². The second kappa shape index (κ2) is 5.78. The van der Waals surface area contributed by atoms with Gasteiger partial charge in [0.1, 0.15) is 11.5 Å². The number of aryl methyl sites for hydroxylation is 2. The fraction of sp³-hybridized carbons (Fsp3) is 0.667. The van der Waals surface area contributed by atoms with Crippen LogP contribution < -0.4 is 5.32 Å². The minimum atomic E-state index is -0.125. The molecular formula is C15H25NO3. The van der Waals surface area contributed by atoms with Crippen molar-refractivity contribution in [2.45, 2.75) is 54.0 Å². The van der Waals surface area contributed by atoms with Gasteiger partial charge < -0.3 is 14.8 Å². The van der Waals surface area contributed by atoms with Gasteiger partial charge >= 0.3 is 0 Å². The lowest BCUT2D eigenvalue weighted by molar-refractivity contribution is 0.0883. The number of nitrogens with one attached hydrogen (secondary N) is 1. The van der Waals surface area contributed by atoms with Crippen LogP contribution in [0.5, 0.6) is 0 Å². The Balaban J connectivity index is 2.94. The van der Waals surface area contributed by atoms with Gasteiger partial charge in [-0.3, -0.25) is 4.79 Å². The average molecular weight is 267 g/mol. The fourth-order valence-electron chi connectivity index (χ4n) is 2.21. The largest absolute Gasteiger partial charge is 0.466 e. The molecule has 1 rings (SSSR count). The summed E-state index contributed by atoms with van der Waals surface area (Å²) < 4.78 is 5.48. The van der Waals surface area contributed by atoms with Gasteiger partial charge in [0, 0.05) is 18.2 Å². The summed E-state index contributed by atoms with van der Waals surface area (Å²) in [5.74, 6) is 1.29. The van der Waals surface area contributed by atoms with E-state index in [0.29, 0.717) is 17.7 Å². The molecule has 0 aromatic carbocycles. The van der Waals surface area contributed by atoms with Crippen molar-refractivity contribution in [2.24, 2.45) is 5.41 Å². The second-order valence-corrected chi connectivity index (χ2v) is 6.12. The van der Waals surface area contributed by atoms with Crippen LogP contribution in [0, 0.1) is 26.2 Å². The molecule has 1 amide bonds. The number of rotatable bonds is 4. The Hall–Kier alpha value is -1.29. The summed E-state index contributed by atoms with van der Waals surface area (Å²) in [5.41, 5.74) is 1.40. The highest BCUT2D eigenvalue weighted by Crippen LogP contribution is 2.24. The Kier molecular flexibility index (Phi) is 4.80. The van der Waals surface area contributed by atoms with Gasteiger partial charge in [0.2, 0.25) is 0 Å². The zero-order chi connectivity index (χ0) is 14.8. The lowest BCUT2D eigenvalue weighted by Gasteiger charge is -2.31. The van der Waals surface area contributed by atoms with Crippen LogP contribution in [0.15, 0.2) is 4.42 Å². The van der Waals surface area contributed by atoms with Crippen LogP contribution >= 0.6 is 0 Å². The summed E-state index contributed by atoms with van der Waals surface area (Å²) in [6.07, 6.45) is 0.546. The van der Waals surface area contributed by atoms with Gasteiger partial charge in [0.25, 0.3) is 5.91 Å². The van der Waals surface area contributed by atoms with Crippen LogP contribution in [0.2, 0.25) is 0 Å². The van der Waals surface area contributed by atoms with Crippen molar-refractivity contribution in [2.75, 3.05) is 6.61 Å². The summed E-state index contributed by atoms with van der Waals surface area (Å²) in [4.78, 5) is 12.4. The molecule has 0 aliphatic rings. The summed E-state index contributed by atoms with van der Waals surface area (Å²) in [7, 11) is 0. The first kappa shape index (κ1) is 15.8. The predicted molar refractivity (Wildman–Crippen MR) is 75.3 cm³/mol. The molecule has 1 unspecified atom stereocenters. The number of aliphatic hydroxyl groups excluding tert-OH is 1. The molecule has 0 aliphatic carbocycles. The molecule has 19 heavy (non-hydrogen) atoms. The van der Waals surface area contributed by atoms with Crippen LogP contribution in [-0.2, 0) is 0 Å². The highest BCUT2D eigenvalue weighted by atomic mass is 16.3. The van der Waals surface area contributed by atoms with Crippen LogP contribution in [0.25, 0.3) is 0 Å². The molecule has 108 valence electrons. The van der Waals surface area contributed by atoms with Crippen LogP contribution in [-0.4, -0.2) is 23.7 Å². The lowest BCUT2D eigenvalue weighted by Crippen LogP contribution is -2.44. The van der Waals surface area contributed by atoms with Crippen molar-refractivity contribution in [1.82, 2.24) is 5.32 Å². The first-order valence-electron chi connectivity index (χ1n) is 6.66. The van der Waals surface area contributed by atoms with E-state index in [0.717, 1.165) is 11.3 Å². The fourth-order valence-corrected chi connectivity index (χ4v) is 2.21. The molecule has 1 heterocycles. The third-order valence-electron chi connectivity index (χ3n) is 3.56. The van der Waals surface area contributed by atoms with Crippen molar-refractivity contribution in [3.63, 3.8) is 0 Å². The van der Waals surface area contributed by atoms with E-state index in [1.165, 1.54) is 0 Å². The molecule has 1 aromatic rings. The Bertz CT molecular complexity index is 455. The summed E-state index contributed by atoms with van der Waals surface area (Å²) in [5, 5.41) is 12.1. The number of carbonyl (C=O) groups is 1. The Morgan fingerprint density at radius 3 is 2.21 bits per heavy atom. The molecule has 4 nitrogen and oxygen atoms in total. The molecular weight excluding hydrogens is 242 g/mol. The first-order valence-corrected chi connectivity index (χ1v) is 6.66. The monoisotopic (exact) mass is 267 g/mol. The second-order valence-electron chi connectivity index (χ2n) is 6.12. The number of aliphatic hydroxyl groups is 1. The average Bonchev–Trinajstić information content (AvgIpc) is 2.51. The highest BCUT2D eigenvalue weighted by Gasteiger charge is 2.28. The smallest absolute Gasteiger partial charge is 0.255 e. The summed E-state index contributed by atoms with van der Waals surface area (Å²) in [6, 6.07) is -0.0704. The zero-order valence-electron chi connectivity index (χ0n) is 12.8. The van der Waals surface area contributed by atoms with E-state index in [1.54, 1.807) is 6.92 Å². The predicted octanol–water partition coefficient (Wildman–Crippen LogP) is 2.73. The SMILES string of the molecule is Cc1oc(C)c(C(=O)NC(CCO)C(C)(C)C)c1C. The Labute approximate surface area is 115 Å². The number of hydrogen-bond donors (Lipinski definition) is 2. The van der Waals surface area contributed by atoms with Gasteiger partial charge in [0.15, 0.2) is 0 Å². The number of furan rings is 1. The standard InChI is InChI=1S/C15H25NO3/c1-9-10(2)19-11(3)13(9)14(18)16-12(7-8-17)15(4,5)6/h12,17H,7-8H2,1-6H3,(H,16,18). The maximum atomic E-state index is 12.4. The van der Waals surface area contributed by atoms with E-state index in [1.807, 2.05) is 34.6 Å². The van der Waals surface area contributed by atoms with Crippen molar-refractivity contribution in [3.05, 3.63) is 22.6 Å². The maximum absolute atomic E-state index is 12.4. The van der Waals surface area contributed by atoms with Crippen LogP contribution in [0.3, 0.4) is 0 Å². The third kappa shape index (κ3) is 3.60. The Morgan fingerprint density at radius 1 is 1.26 bits per heavy atom. The van der Waals surface area contributed by atoms with Crippen LogP contribution in [0.1, 0.15) is 54.6 Å². The molecule has 0 bridgehead atoms. The maximum Gasteiger partial charge on any atom is 0.255 e. The van der Waals surface area contributed by atoms with E-state index in [9.17, 15) is 4.79 Å². The Morgan fingerprint density at radius 2 is 1.84 bits per heavy atom. The molecule has 4 heteroatoms. The van der Waals surface area contributed by atoms with Crippen molar-refractivity contribution >= 4 is 5.91 Å². The van der Waals surface area contributed by atoms with Crippen molar-refractivity contribution in [3.8, 4) is 0 Å². The third-order valence-corrected chi connectivity index (χ3v) is 3.56. The molecule has 0 spiro atoms. The quantitative estimate of drug-likeness (QED) is 0.881. The van der Waals surface area contributed by atoms with Gasteiger partial charge in [-0.2, -0.15) is 0 Å². The molecule has 0 aliphatic heterocycles. The zero-order valence-corrected chi connectivity index (χ0v) is 12.8. The van der Waals surface area contributed by atoms with E-state index in [2.05, 4.69) is 5.32 Å². The molecule has 2 N–H and O–H groups in total. The van der Waals surface area contributed by atoms with Gasteiger partial charge in [-0.1, -0.05) is 20.8 Å². The molecule has 0 saturated heterocycles. The molecule has 0 saturated carbocycles. The normalized spacial score (nSPS) is 13.4. The van der Waals surface area contributed by atoms with Gasteiger partial charge in [-0.15, -0.1) is 0 Å². The summed E-state index contributed by atoms with van der Waals surface area (Å²) in [6.45, 7) is 11.8. The molecule has 0 fully saturated rings. The van der Waals surface area contributed by atoms with Gasteiger partial charge in [-0.05, 0) is 32.6 Å². The van der Waals surface area contributed by atoms with E-state index in [-0.39, 0.29) is 24.0 Å². The molecule has 1 aromatic heterocycles. The number of carbonyl (C=O) groups excluding carboxylic acids is 1. The van der Waals surface area contributed by atoms with E-state index >= 15 is 0 Å². The van der Waals surface area contributed by atoms with Crippen LogP contribution in [0.4, 0.5) is 0 Å². The molecule has 0 radical (unpaired) electrons. The highest BCUT2D eigenvalue weighted by molar-refractivity contribution is 5.97. The lowest BCUT2D eigenvalue weighted by atomic mass is 9.84. The number of hydrogen-bond acceptors (Lipinski definition) is 3.